The Morgan fingerprint density at radius 3 is 2.54 bits per heavy atom. The third kappa shape index (κ3) is 3.37. The number of nitrogens with zero attached hydrogens (tertiary/aromatic N) is 1. The number of benzene rings is 2. The molecule has 2 aromatic rings. The van der Waals surface area contributed by atoms with Gasteiger partial charge in [0.15, 0.2) is 0 Å². The van der Waals surface area contributed by atoms with Crippen LogP contribution < -0.4 is 14.4 Å². The van der Waals surface area contributed by atoms with Gasteiger partial charge in [0.05, 0.1) is 5.69 Å². The lowest BCUT2D eigenvalue weighted by Gasteiger charge is -2.51. The molecule has 5 nitrogen and oxygen atoms in total. The number of nitrogens with one attached hydrogen (secondary N) is 1. The molecule has 0 aromatic heterocycles. The van der Waals surface area contributed by atoms with Gasteiger partial charge in [-0.2, -0.15) is 0 Å². The number of fused-ring (bicyclic) bond motifs is 1. The van der Waals surface area contributed by atoms with E-state index >= 15 is 0 Å². The third-order valence-electron chi connectivity index (χ3n) is 4.00. The van der Waals surface area contributed by atoms with Gasteiger partial charge in [0.2, 0.25) is 5.44 Å². The molecule has 6 heteroatoms. The molecule has 1 unspecified atom stereocenters. The third-order valence-corrected chi connectivity index (χ3v) is 5.98. The second-order valence-electron chi connectivity index (χ2n) is 5.70. The van der Waals surface area contributed by atoms with Crippen molar-refractivity contribution >= 4 is 22.2 Å². The summed E-state index contributed by atoms with van der Waals surface area (Å²) in [5.74, 6) is 0.682. The van der Waals surface area contributed by atoms with Crippen LogP contribution in [0, 0.1) is 0 Å². The zero-order valence-corrected chi connectivity index (χ0v) is 14.6. The van der Waals surface area contributed by atoms with E-state index in [9.17, 15) is 9.11 Å². The Balaban J connectivity index is 1.93. The fourth-order valence-electron chi connectivity index (χ4n) is 2.84. The van der Waals surface area contributed by atoms with Gasteiger partial charge in [-0.1, -0.05) is 48.0 Å². The molecular formula is C18H24N2O3S. The van der Waals surface area contributed by atoms with Crippen LogP contribution in [0.2, 0.25) is 0 Å². The Kier molecular flexibility index (Phi) is 5.30. The molecule has 1 heterocycles. The Morgan fingerprint density at radius 1 is 1.08 bits per heavy atom. The van der Waals surface area contributed by atoms with E-state index < -0.39 is 16.2 Å². The van der Waals surface area contributed by atoms with Crippen LogP contribution in [0.25, 0.3) is 0 Å². The van der Waals surface area contributed by atoms with Crippen molar-refractivity contribution in [3.63, 3.8) is 0 Å². The average Bonchev–Trinajstić information content (AvgIpc) is 2.59. The maximum atomic E-state index is 11.0. The zero-order chi connectivity index (χ0) is 17.0. The van der Waals surface area contributed by atoms with Crippen molar-refractivity contribution in [2.45, 2.75) is 25.2 Å². The summed E-state index contributed by atoms with van der Waals surface area (Å²) in [6, 6.07) is 17.0. The number of hydrogen-bond donors (Lipinski definition) is 3. The van der Waals surface area contributed by atoms with Gasteiger partial charge in [-0.3, -0.25) is 9.11 Å². The second kappa shape index (κ2) is 7.44. The second-order valence-corrected chi connectivity index (χ2v) is 7.72. The molecule has 0 radical (unpaired) electrons. The van der Waals surface area contributed by atoms with Gasteiger partial charge in [0.1, 0.15) is 11.4 Å². The highest BCUT2D eigenvalue weighted by molar-refractivity contribution is 8.26. The highest BCUT2D eigenvalue weighted by atomic mass is 32.3. The van der Waals surface area contributed by atoms with Crippen LogP contribution in [-0.4, -0.2) is 27.6 Å². The molecule has 1 aliphatic rings. The van der Waals surface area contributed by atoms with E-state index in [1.807, 2.05) is 54.6 Å². The largest absolute Gasteiger partial charge is 0.467 e. The number of hydrogen-bond acceptors (Lipinski definition) is 5. The van der Waals surface area contributed by atoms with Crippen LogP contribution in [0.3, 0.4) is 0 Å². The number of para-hydroxylation sites is 3. The van der Waals surface area contributed by atoms with Gasteiger partial charge < -0.3 is 10.1 Å². The van der Waals surface area contributed by atoms with Crippen LogP contribution in [-0.2, 0) is 0 Å². The van der Waals surface area contributed by atoms with E-state index in [4.69, 9.17) is 4.74 Å². The van der Waals surface area contributed by atoms with E-state index in [0.717, 1.165) is 25.2 Å². The smallest absolute Gasteiger partial charge is 0.206 e. The zero-order valence-electron chi connectivity index (χ0n) is 13.8. The van der Waals surface area contributed by atoms with Gasteiger partial charge in [-0.25, -0.2) is 4.31 Å². The van der Waals surface area contributed by atoms with Gasteiger partial charge in [-0.05, 0) is 43.8 Å². The SMILES string of the molecule is CCNCCCC1Oc2ccccc2N(c2ccccc2)S1(O)O. The minimum absolute atomic E-state index is 0.576. The lowest BCUT2D eigenvalue weighted by Crippen LogP contribution is -2.39. The maximum Gasteiger partial charge on any atom is 0.206 e. The molecule has 2 aromatic carbocycles. The fraction of sp³-hybridized carbons (Fsp3) is 0.333. The van der Waals surface area contributed by atoms with Crippen molar-refractivity contribution in [3.05, 3.63) is 54.6 Å². The van der Waals surface area contributed by atoms with Crippen molar-refractivity contribution in [1.29, 1.82) is 0 Å². The molecule has 0 aliphatic carbocycles. The minimum atomic E-state index is -3.13. The molecular weight excluding hydrogens is 324 g/mol. The molecule has 0 saturated heterocycles. The monoisotopic (exact) mass is 348 g/mol. The minimum Gasteiger partial charge on any atom is -0.467 e. The molecule has 24 heavy (non-hydrogen) atoms. The normalized spacial score (nSPS) is 20.1. The summed E-state index contributed by atoms with van der Waals surface area (Å²) in [5, 5.41) is 3.25. The molecule has 0 fully saturated rings. The molecule has 0 saturated carbocycles. The van der Waals surface area contributed by atoms with Gasteiger partial charge in [0.25, 0.3) is 0 Å². The molecule has 3 rings (SSSR count). The molecule has 0 bridgehead atoms. The first-order chi connectivity index (χ1) is 11.6. The molecule has 3 N–H and O–H groups in total. The summed E-state index contributed by atoms with van der Waals surface area (Å²) in [7, 11) is -3.13. The number of ether oxygens (including phenoxy) is 1. The first kappa shape index (κ1) is 17.1. The van der Waals surface area contributed by atoms with Crippen LogP contribution in [0.4, 0.5) is 11.4 Å². The molecule has 130 valence electrons. The molecule has 1 atom stereocenters. The van der Waals surface area contributed by atoms with E-state index in [0.29, 0.717) is 17.9 Å². The fourth-order valence-corrected chi connectivity index (χ4v) is 4.66. The van der Waals surface area contributed by atoms with Crippen LogP contribution in [0.1, 0.15) is 19.8 Å². The van der Waals surface area contributed by atoms with E-state index in [2.05, 4.69) is 12.2 Å². The standard InChI is InChI=1S/C18H24N2O3S/c1-2-19-14-8-13-18-23-17-12-7-6-11-16(17)20(24(18,21)22)15-9-4-3-5-10-15/h3-7,9-12,18-19,21-22H,2,8,13-14H2,1H3. The number of anilines is 2. The summed E-state index contributed by atoms with van der Waals surface area (Å²) < 4.78 is 29.5. The van der Waals surface area contributed by atoms with Gasteiger partial charge in [-0.15, -0.1) is 0 Å². The summed E-state index contributed by atoms with van der Waals surface area (Å²) in [5.41, 5.74) is 0.794. The molecule has 0 spiro atoms. The highest BCUT2D eigenvalue weighted by Crippen LogP contribution is 2.61. The van der Waals surface area contributed by atoms with E-state index in [-0.39, 0.29) is 0 Å². The first-order valence-corrected chi connectivity index (χ1v) is 9.80. The summed E-state index contributed by atoms with van der Waals surface area (Å²) >= 11 is 0. The predicted molar refractivity (Wildman–Crippen MR) is 100 cm³/mol. The average molecular weight is 348 g/mol. The Morgan fingerprint density at radius 2 is 1.79 bits per heavy atom. The number of rotatable bonds is 6. The topological polar surface area (TPSA) is 65.0 Å². The first-order valence-electron chi connectivity index (χ1n) is 8.23. The Hall–Kier alpha value is -1.73. The van der Waals surface area contributed by atoms with Crippen molar-refractivity contribution in [3.8, 4) is 5.75 Å². The Bertz CT molecular complexity index is 666. The summed E-state index contributed by atoms with van der Waals surface area (Å²) in [6.45, 7) is 3.79. The lowest BCUT2D eigenvalue weighted by atomic mass is 10.2. The molecule has 0 amide bonds. The van der Waals surface area contributed by atoms with E-state index in [1.165, 1.54) is 0 Å². The molecule has 1 aliphatic heterocycles. The summed E-state index contributed by atoms with van der Waals surface area (Å²) in [6.07, 6.45) is 1.40. The van der Waals surface area contributed by atoms with Crippen LogP contribution >= 0.6 is 10.8 Å². The van der Waals surface area contributed by atoms with Crippen molar-refractivity contribution in [2.24, 2.45) is 0 Å². The Labute approximate surface area is 144 Å². The maximum absolute atomic E-state index is 11.0. The quantitative estimate of drug-likeness (QED) is 0.666. The summed E-state index contributed by atoms with van der Waals surface area (Å²) in [4.78, 5) is 0. The van der Waals surface area contributed by atoms with Crippen molar-refractivity contribution in [2.75, 3.05) is 17.4 Å². The van der Waals surface area contributed by atoms with E-state index in [1.54, 1.807) is 4.31 Å². The van der Waals surface area contributed by atoms with Gasteiger partial charge in [0, 0.05) is 6.42 Å². The predicted octanol–water partition coefficient (Wildman–Crippen LogP) is 4.60. The van der Waals surface area contributed by atoms with Gasteiger partial charge >= 0.3 is 0 Å². The van der Waals surface area contributed by atoms with Crippen molar-refractivity contribution < 1.29 is 13.8 Å². The highest BCUT2D eigenvalue weighted by Gasteiger charge is 2.40. The van der Waals surface area contributed by atoms with Crippen LogP contribution in [0.15, 0.2) is 54.6 Å². The van der Waals surface area contributed by atoms with Crippen LogP contribution in [0.5, 0.6) is 5.75 Å². The van der Waals surface area contributed by atoms with Crippen molar-refractivity contribution in [1.82, 2.24) is 5.32 Å². The lowest BCUT2D eigenvalue weighted by molar-refractivity contribution is 0.235.